The Balaban J connectivity index is 2.04. The van der Waals surface area contributed by atoms with Gasteiger partial charge in [0.2, 0.25) is 0 Å². The molecule has 0 aliphatic rings. The molecule has 130 valence electrons. The second-order valence-electron chi connectivity index (χ2n) is 4.81. The molecule has 0 unspecified atom stereocenters. The number of thiazole rings is 1. The molecule has 0 aliphatic carbocycles. The Morgan fingerprint density at radius 1 is 1.36 bits per heavy atom. The summed E-state index contributed by atoms with van der Waals surface area (Å²) >= 11 is 1.15. The van der Waals surface area contributed by atoms with Crippen LogP contribution in [0.1, 0.15) is 27.0 Å². The summed E-state index contributed by atoms with van der Waals surface area (Å²) in [7, 11) is 0. The van der Waals surface area contributed by atoms with Crippen LogP contribution in [0.5, 0.6) is 5.75 Å². The minimum absolute atomic E-state index is 0.241. The number of rotatable bonds is 7. The number of nitrogens with zero attached hydrogens (tertiary/aromatic N) is 2. The number of Topliss-reactive ketones (excluding diaryl/α,β-unsaturated/α-hetero) is 1. The monoisotopic (exact) mass is 366 g/mol. The van der Waals surface area contributed by atoms with E-state index >= 15 is 0 Å². The zero-order valence-corrected chi connectivity index (χ0v) is 13.8. The third-order valence-electron chi connectivity index (χ3n) is 3.00. The van der Waals surface area contributed by atoms with E-state index < -0.39 is 30.9 Å². The molecule has 1 aromatic heterocycles. The van der Waals surface area contributed by atoms with Gasteiger partial charge in [-0.2, -0.15) is 14.0 Å². The van der Waals surface area contributed by atoms with Crippen molar-refractivity contribution in [3.8, 4) is 11.8 Å². The SMILES string of the molecule is Cc1csc([C@H](C#N)C(=O)COC(=O)c2ccccc2OC(F)F)n1. The molecule has 0 aliphatic heterocycles. The number of para-hydroxylation sites is 1. The van der Waals surface area contributed by atoms with Crippen molar-refractivity contribution < 1.29 is 27.8 Å². The minimum atomic E-state index is -3.10. The molecule has 1 atom stereocenters. The van der Waals surface area contributed by atoms with Gasteiger partial charge in [0.05, 0.1) is 6.07 Å². The van der Waals surface area contributed by atoms with E-state index in [1.54, 1.807) is 12.3 Å². The van der Waals surface area contributed by atoms with Crippen LogP contribution in [0, 0.1) is 18.3 Å². The highest BCUT2D eigenvalue weighted by atomic mass is 32.1. The lowest BCUT2D eigenvalue weighted by atomic mass is 10.1. The van der Waals surface area contributed by atoms with Crippen molar-refractivity contribution in [2.75, 3.05) is 6.61 Å². The highest BCUT2D eigenvalue weighted by molar-refractivity contribution is 7.09. The molecule has 0 bridgehead atoms. The van der Waals surface area contributed by atoms with Gasteiger partial charge in [0.25, 0.3) is 0 Å². The van der Waals surface area contributed by atoms with E-state index in [0.29, 0.717) is 10.7 Å². The Kier molecular flexibility index (Phi) is 6.14. The maximum Gasteiger partial charge on any atom is 0.387 e. The Morgan fingerprint density at radius 3 is 2.68 bits per heavy atom. The molecule has 2 aromatic rings. The van der Waals surface area contributed by atoms with E-state index in [4.69, 9.17) is 10.00 Å². The van der Waals surface area contributed by atoms with E-state index in [1.165, 1.54) is 24.3 Å². The van der Waals surface area contributed by atoms with Crippen molar-refractivity contribution in [2.24, 2.45) is 0 Å². The first-order valence-electron chi connectivity index (χ1n) is 6.97. The molecule has 0 N–H and O–H groups in total. The fraction of sp³-hybridized carbons (Fsp3) is 0.250. The summed E-state index contributed by atoms with van der Waals surface area (Å²) in [5.41, 5.74) is 0.428. The van der Waals surface area contributed by atoms with Gasteiger partial charge < -0.3 is 9.47 Å². The topological polar surface area (TPSA) is 89.3 Å². The van der Waals surface area contributed by atoms with Crippen molar-refractivity contribution in [2.45, 2.75) is 19.5 Å². The van der Waals surface area contributed by atoms with Crippen LogP contribution in [0.15, 0.2) is 29.6 Å². The Morgan fingerprint density at radius 2 is 2.08 bits per heavy atom. The molecular formula is C16H12F2N2O4S. The van der Waals surface area contributed by atoms with Crippen LogP contribution < -0.4 is 4.74 Å². The summed E-state index contributed by atoms with van der Waals surface area (Å²) in [5.74, 6) is -3.17. The third-order valence-corrected chi connectivity index (χ3v) is 4.03. The summed E-state index contributed by atoms with van der Waals surface area (Å²) in [5, 5.41) is 11.1. The molecule has 1 aromatic carbocycles. The van der Waals surface area contributed by atoms with Crippen LogP contribution in [0.4, 0.5) is 8.78 Å². The van der Waals surface area contributed by atoms with E-state index in [9.17, 15) is 18.4 Å². The van der Waals surface area contributed by atoms with Crippen LogP contribution in [0.2, 0.25) is 0 Å². The summed E-state index contributed by atoms with van der Waals surface area (Å²) < 4.78 is 33.8. The maximum atomic E-state index is 12.3. The fourth-order valence-corrected chi connectivity index (χ4v) is 2.76. The van der Waals surface area contributed by atoms with Crippen molar-refractivity contribution in [1.82, 2.24) is 4.98 Å². The minimum Gasteiger partial charge on any atom is -0.454 e. The zero-order valence-electron chi connectivity index (χ0n) is 12.9. The predicted molar refractivity (Wildman–Crippen MR) is 83.6 cm³/mol. The molecule has 0 saturated carbocycles. The van der Waals surface area contributed by atoms with E-state index in [-0.39, 0.29) is 11.3 Å². The Labute approximate surface area is 145 Å². The van der Waals surface area contributed by atoms with Crippen LogP contribution in [0.3, 0.4) is 0 Å². The number of hydrogen-bond acceptors (Lipinski definition) is 7. The van der Waals surface area contributed by atoms with Crippen LogP contribution >= 0.6 is 11.3 Å². The second-order valence-corrected chi connectivity index (χ2v) is 5.70. The summed E-state index contributed by atoms with van der Waals surface area (Å²) in [4.78, 5) is 28.2. The lowest BCUT2D eigenvalue weighted by Gasteiger charge is -2.10. The summed E-state index contributed by atoms with van der Waals surface area (Å²) in [6.45, 7) is -2.07. The van der Waals surface area contributed by atoms with Gasteiger partial charge in [0, 0.05) is 11.1 Å². The van der Waals surface area contributed by atoms with Crippen LogP contribution in [-0.4, -0.2) is 30.0 Å². The molecule has 6 nitrogen and oxygen atoms in total. The molecule has 0 saturated heterocycles. The largest absolute Gasteiger partial charge is 0.454 e. The number of nitriles is 1. The molecule has 1 heterocycles. The van der Waals surface area contributed by atoms with Gasteiger partial charge in [0.1, 0.15) is 16.3 Å². The number of carbonyl (C=O) groups excluding carboxylic acids is 2. The number of benzene rings is 1. The Bertz CT molecular complexity index is 816. The standard InChI is InChI=1S/C16H12F2N2O4S/c1-9-8-25-14(20-9)11(6-19)12(21)7-23-15(22)10-4-2-3-5-13(10)24-16(17)18/h2-5,8,11,16H,7H2,1H3/t11-/m1/s1. The van der Waals surface area contributed by atoms with Crippen molar-refractivity contribution >= 4 is 23.1 Å². The highest BCUT2D eigenvalue weighted by Crippen LogP contribution is 2.23. The van der Waals surface area contributed by atoms with E-state index in [2.05, 4.69) is 9.72 Å². The number of hydrogen-bond donors (Lipinski definition) is 0. The van der Waals surface area contributed by atoms with E-state index in [0.717, 1.165) is 11.3 Å². The number of aryl methyl sites for hydroxylation is 1. The van der Waals surface area contributed by atoms with Crippen molar-refractivity contribution in [3.63, 3.8) is 0 Å². The molecule has 9 heteroatoms. The fourth-order valence-electron chi connectivity index (χ4n) is 1.90. The molecule has 0 radical (unpaired) electrons. The highest BCUT2D eigenvalue weighted by Gasteiger charge is 2.25. The van der Waals surface area contributed by atoms with Crippen molar-refractivity contribution in [1.29, 1.82) is 5.26 Å². The van der Waals surface area contributed by atoms with Crippen LogP contribution in [-0.2, 0) is 9.53 Å². The van der Waals surface area contributed by atoms with E-state index in [1.807, 2.05) is 6.07 Å². The first-order valence-corrected chi connectivity index (χ1v) is 7.85. The molecule has 0 fully saturated rings. The van der Waals surface area contributed by atoms with Gasteiger partial charge in [0.15, 0.2) is 18.3 Å². The average molecular weight is 366 g/mol. The lowest BCUT2D eigenvalue weighted by molar-refractivity contribution is -0.122. The van der Waals surface area contributed by atoms with Crippen LogP contribution in [0.25, 0.3) is 0 Å². The number of aromatic nitrogens is 1. The first-order chi connectivity index (χ1) is 11.9. The zero-order chi connectivity index (χ0) is 18.4. The van der Waals surface area contributed by atoms with Gasteiger partial charge in [-0.3, -0.25) is 4.79 Å². The third kappa shape index (κ3) is 4.81. The van der Waals surface area contributed by atoms with Gasteiger partial charge in [-0.05, 0) is 19.1 Å². The Hall–Kier alpha value is -2.86. The second kappa shape index (κ2) is 8.30. The number of halogens is 2. The van der Waals surface area contributed by atoms with Gasteiger partial charge in [-0.15, -0.1) is 11.3 Å². The quantitative estimate of drug-likeness (QED) is 0.700. The number of carbonyl (C=O) groups is 2. The number of ether oxygens (including phenoxy) is 2. The smallest absolute Gasteiger partial charge is 0.387 e. The number of esters is 1. The normalized spacial score (nSPS) is 11.6. The molecule has 0 amide bonds. The number of ketones is 1. The van der Waals surface area contributed by atoms with Gasteiger partial charge in [-0.1, -0.05) is 12.1 Å². The molecule has 0 spiro atoms. The summed E-state index contributed by atoms with van der Waals surface area (Å²) in [6, 6.07) is 7.08. The summed E-state index contributed by atoms with van der Waals surface area (Å²) in [6.07, 6.45) is 0. The number of alkyl halides is 2. The molecular weight excluding hydrogens is 354 g/mol. The molecule has 25 heavy (non-hydrogen) atoms. The van der Waals surface area contributed by atoms with Gasteiger partial charge in [-0.25, -0.2) is 9.78 Å². The first kappa shape index (κ1) is 18.5. The molecule has 2 rings (SSSR count). The predicted octanol–water partition coefficient (Wildman–Crippen LogP) is 3.09. The average Bonchev–Trinajstić information content (AvgIpc) is 2.99. The maximum absolute atomic E-state index is 12.3. The lowest BCUT2D eigenvalue weighted by Crippen LogP contribution is -2.20. The van der Waals surface area contributed by atoms with Gasteiger partial charge >= 0.3 is 12.6 Å². The van der Waals surface area contributed by atoms with Crippen molar-refractivity contribution in [3.05, 3.63) is 45.9 Å².